The number of carbonyl (C=O) groups excluding carboxylic acids is 2. The highest BCUT2D eigenvalue weighted by Gasteiger charge is 2.42. The SMILES string of the molecule is CN1CCN(C(=O)c2cc(-c3ccc(F)cc3)n[nH]2)CC12CCNC(=O)CC2. The summed E-state index contributed by atoms with van der Waals surface area (Å²) < 4.78 is 13.1. The van der Waals surface area contributed by atoms with Gasteiger partial charge in [0.2, 0.25) is 5.91 Å². The minimum Gasteiger partial charge on any atom is -0.356 e. The molecule has 148 valence electrons. The summed E-state index contributed by atoms with van der Waals surface area (Å²) in [5.41, 5.74) is 1.59. The van der Waals surface area contributed by atoms with Crippen molar-refractivity contribution in [2.45, 2.75) is 24.8 Å². The van der Waals surface area contributed by atoms with E-state index >= 15 is 0 Å². The van der Waals surface area contributed by atoms with Crippen LogP contribution in [-0.4, -0.2) is 70.6 Å². The molecule has 2 aromatic rings. The number of hydrogen-bond acceptors (Lipinski definition) is 4. The Hall–Kier alpha value is -2.74. The summed E-state index contributed by atoms with van der Waals surface area (Å²) in [6, 6.07) is 7.73. The molecule has 2 saturated heterocycles. The summed E-state index contributed by atoms with van der Waals surface area (Å²) in [6.45, 7) is 2.61. The van der Waals surface area contributed by atoms with Gasteiger partial charge in [-0.05, 0) is 50.2 Å². The van der Waals surface area contributed by atoms with E-state index in [-0.39, 0.29) is 23.2 Å². The van der Waals surface area contributed by atoms with E-state index in [0.717, 1.165) is 24.9 Å². The van der Waals surface area contributed by atoms with Gasteiger partial charge in [-0.1, -0.05) is 0 Å². The highest BCUT2D eigenvalue weighted by atomic mass is 19.1. The molecule has 1 unspecified atom stereocenters. The number of benzene rings is 1. The van der Waals surface area contributed by atoms with Crippen molar-refractivity contribution in [3.8, 4) is 11.3 Å². The second-order valence-electron chi connectivity index (χ2n) is 7.65. The summed E-state index contributed by atoms with van der Waals surface area (Å²) in [6.07, 6.45) is 2.04. The van der Waals surface area contributed by atoms with Crippen molar-refractivity contribution in [3.05, 3.63) is 41.8 Å². The molecule has 2 aliphatic rings. The summed E-state index contributed by atoms with van der Waals surface area (Å²) in [4.78, 5) is 29.0. The molecule has 0 aliphatic carbocycles. The molecular weight excluding hydrogens is 361 g/mol. The minimum atomic E-state index is -0.310. The van der Waals surface area contributed by atoms with Crippen molar-refractivity contribution >= 4 is 11.8 Å². The standard InChI is InChI=1S/C20H24FN5O2/c1-25-10-11-26(13-20(25)7-6-18(27)22-9-8-20)19(28)17-12-16(23-24-17)14-2-4-15(21)5-3-14/h2-5,12H,6-11,13H2,1H3,(H,22,27)(H,23,24). The maximum Gasteiger partial charge on any atom is 0.271 e. The molecule has 4 rings (SSSR count). The lowest BCUT2D eigenvalue weighted by Gasteiger charge is -2.49. The number of rotatable bonds is 2. The monoisotopic (exact) mass is 385 g/mol. The lowest BCUT2D eigenvalue weighted by atomic mass is 9.86. The van der Waals surface area contributed by atoms with E-state index in [0.29, 0.717) is 37.4 Å². The van der Waals surface area contributed by atoms with Crippen LogP contribution in [0.3, 0.4) is 0 Å². The molecule has 2 amide bonds. The fourth-order valence-corrected chi connectivity index (χ4v) is 4.14. The molecule has 1 aromatic heterocycles. The molecule has 8 heteroatoms. The zero-order valence-corrected chi connectivity index (χ0v) is 15.9. The van der Waals surface area contributed by atoms with Gasteiger partial charge in [0, 0.05) is 43.7 Å². The van der Waals surface area contributed by atoms with Crippen LogP contribution in [0.2, 0.25) is 0 Å². The number of aromatic nitrogens is 2. The lowest BCUT2D eigenvalue weighted by molar-refractivity contribution is -0.121. The van der Waals surface area contributed by atoms with Crippen LogP contribution in [0.4, 0.5) is 4.39 Å². The van der Waals surface area contributed by atoms with E-state index < -0.39 is 0 Å². The van der Waals surface area contributed by atoms with E-state index in [9.17, 15) is 14.0 Å². The smallest absolute Gasteiger partial charge is 0.271 e. The summed E-state index contributed by atoms with van der Waals surface area (Å²) >= 11 is 0. The van der Waals surface area contributed by atoms with E-state index in [4.69, 9.17) is 0 Å². The highest BCUT2D eigenvalue weighted by molar-refractivity contribution is 5.93. The molecule has 3 heterocycles. The van der Waals surface area contributed by atoms with Gasteiger partial charge in [-0.25, -0.2) is 4.39 Å². The molecule has 0 radical (unpaired) electrons. The number of hydrogen-bond donors (Lipinski definition) is 2. The molecule has 7 nitrogen and oxygen atoms in total. The van der Waals surface area contributed by atoms with Crippen molar-refractivity contribution < 1.29 is 14.0 Å². The van der Waals surface area contributed by atoms with E-state index in [1.807, 2.05) is 4.90 Å². The van der Waals surface area contributed by atoms with Gasteiger partial charge < -0.3 is 10.2 Å². The molecule has 1 aromatic carbocycles. The van der Waals surface area contributed by atoms with Crippen molar-refractivity contribution in [3.63, 3.8) is 0 Å². The molecule has 2 N–H and O–H groups in total. The first kappa shape index (κ1) is 18.6. The van der Waals surface area contributed by atoms with Gasteiger partial charge in [-0.3, -0.25) is 19.6 Å². The third-order valence-corrected chi connectivity index (χ3v) is 5.97. The number of aromatic amines is 1. The van der Waals surface area contributed by atoms with E-state index in [1.165, 1.54) is 12.1 Å². The number of amides is 2. The number of H-pyrrole nitrogens is 1. The van der Waals surface area contributed by atoms with Gasteiger partial charge in [0.05, 0.1) is 5.69 Å². The third kappa shape index (κ3) is 3.52. The quantitative estimate of drug-likeness (QED) is 0.824. The number of halogens is 1. The first-order chi connectivity index (χ1) is 13.5. The second-order valence-corrected chi connectivity index (χ2v) is 7.65. The van der Waals surface area contributed by atoms with Gasteiger partial charge in [0.25, 0.3) is 5.91 Å². The normalized spacial score (nSPS) is 23.5. The predicted octanol–water partition coefficient (Wildman–Crippen LogP) is 1.64. The Morgan fingerprint density at radius 3 is 2.79 bits per heavy atom. The maximum absolute atomic E-state index is 13.1. The van der Waals surface area contributed by atoms with E-state index in [2.05, 4.69) is 27.5 Å². The average Bonchev–Trinajstić information content (AvgIpc) is 3.11. The third-order valence-electron chi connectivity index (χ3n) is 5.97. The van der Waals surface area contributed by atoms with Crippen LogP contribution in [0.15, 0.2) is 30.3 Å². The minimum absolute atomic E-state index is 0.0752. The van der Waals surface area contributed by atoms with Crippen LogP contribution in [0.5, 0.6) is 0 Å². The number of nitrogens with one attached hydrogen (secondary N) is 2. The molecule has 0 saturated carbocycles. The molecule has 1 atom stereocenters. The van der Waals surface area contributed by atoms with Gasteiger partial charge in [0.1, 0.15) is 11.5 Å². The summed E-state index contributed by atoms with van der Waals surface area (Å²) in [7, 11) is 2.07. The van der Waals surface area contributed by atoms with Gasteiger partial charge in [-0.2, -0.15) is 5.10 Å². The summed E-state index contributed by atoms with van der Waals surface area (Å²) in [5, 5.41) is 9.96. The Balaban J connectivity index is 1.52. The van der Waals surface area contributed by atoms with Gasteiger partial charge in [0.15, 0.2) is 0 Å². The zero-order valence-electron chi connectivity index (χ0n) is 15.9. The molecule has 28 heavy (non-hydrogen) atoms. The first-order valence-corrected chi connectivity index (χ1v) is 9.55. The van der Waals surface area contributed by atoms with Crippen LogP contribution in [0.1, 0.15) is 29.8 Å². The number of carbonyl (C=O) groups is 2. The fraction of sp³-hybridized carbons (Fsp3) is 0.450. The van der Waals surface area contributed by atoms with Crippen molar-refractivity contribution in [2.24, 2.45) is 0 Å². The lowest BCUT2D eigenvalue weighted by Crippen LogP contribution is -2.62. The van der Waals surface area contributed by atoms with Crippen LogP contribution in [0, 0.1) is 5.82 Å². The number of likely N-dealkylation sites (N-methyl/N-ethyl adjacent to an activating group) is 1. The Labute approximate surface area is 162 Å². The van der Waals surface area contributed by atoms with Crippen molar-refractivity contribution in [2.75, 3.05) is 33.2 Å². The predicted molar refractivity (Wildman–Crippen MR) is 102 cm³/mol. The Kier molecular flexibility index (Phi) is 4.89. The van der Waals surface area contributed by atoms with Gasteiger partial charge in [-0.15, -0.1) is 0 Å². The molecular formula is C20H24FN5O2. The number of nitrogens with zero attached hydrogens (tertiary/aromatic N) is 3. The fourth-order valence-electron chi connectivity index (χ4n) is 4.14. The highest BCUT2D eigenvalue weighted by Crippen LogP contribution is 2.31. The largest absolute Gasteiger partial charge is 0.356 e. The Bertz CT molecular complexity index is 881. The van der Waals surface area contributed by atoms with Gasteiger partial charge >= 0.3 is 0 Å². The molecule has 1 spiro atoms. The second kappa shape index (κ2) is 7.35. The first-order valence-electron chi connectivity index (χ1n) is 9.55. The van der Waals surface area contributed by atoms with E-state index in [1.54, 1.807) is 18.2 Å². The van der Waals surface area contributed by atoms with Crippen LogP contribution in [0.25, 0.3) is 11.3 Å². The zero-order chi connectivity index (χ0) is 19.7. The Morgan fingerprint density at radius 1 is 1.21 bits per heavy atom. The van der Waals surface area contributed by atoms with Crippen molar-refractivity contribution in [1.82, 2.24) is 25.3 Å². The summed E-state index contributed by atoms with van der Waals surface area (Å²) in [5.74, 6) is -0.335. The Morgan fingerprint density at radius 2 is 2.00 bits per heavy atom. The maximum atomic E-state index is 13.1. The molecule has 2 fully saturated rings. The average molecular weight is 385 g/mol. The van der Waals surface area contributed by atoms with Crippen LogP contribution in [-0.2, 0) is 4.79 Å². The number of piperazine rings is 1. The molecule has 0 bridgehead atoms. The molecule has 2 aliphatic heterocycles. The topological polar surface area (TPSA) is 81.3 Å². The van der Waals surface area contributed by atoms with Crippen LogP contribution < -0.4 is 5.32 Å². The van der Waals surface area contributed by atoms with Crippen LogP contribution >= 0.6 is 0 Å². The van der Waals surface area contributed by atoms with Crippen molar-refractivity contribution in [1.29, 1.82) is 0 Å².